The van der Waals surface area contributed by atoms with Crippen molar-refractivity contribution < 1.29 is 18.7 Å². The minimum absolute atomic E-state index is 0.0358. The molecule has 4 rings (SSSR count). The molecule has 0 aliphatic rings. The van der Waals surface area contributed by atoms with E-state index in [0.29, 0.717) is 23.0 Å². The molecule has 9 nitrogen and oxygen atoms in total. The quantitative estimate of drug-likeness (QED) is 0.360. The van der Waals surface area contributed by atoms with Crippen LogP contribution in [0.2, 0.25) is 0 Å². The lowest BCUT2D eigenvalue weighted by molar-refractivity contribution is -0.117. The van der Waals surface area contributed by atoms with Crippen molar-refractivity contribution in [3.05, 3.63) is 95.8 Å². The van der Waals surface area contributed by atoms with Crippen molar-refractivity contribution in [2.75, 3.05) is 7.11 Å². The minimum atomic E-state index is -0.502. The van der Waals surface area contributed by atoms with Crippen molar-refractivity contribution in [2.45, 2.75) is 6.54 Å². The van der Waals surface area contributed by atoms with Crippen LogP contribution in [0.15, 0.2) is 83.1 Å². The average molecular weight is 443 g/mol. The highest BCUT2D eigenvalue weighted by atomic mass is 16.5. The molecule has 166 valence electrons. The third kappa shape index (κ3) is 5.53. The lowest BCUT2D eigenvalue weighted by Gasteiger charge is -2.10. The van der Waals surface area contributed by atoms with Gasteiger partial charge in [0.1, 0.15) is 23.0 Å². The van der Waals surface area contributed by atoms with Crippen LogP contribution >= 0.6 is 0 Å². The molecule has 0 atom stereocenters. The molecular formula is C24H21N5O4. The number of nitrogens with zero attached hydrogens (tertiary/aromatic N) is 2. The van der Waals surface area contributed by atoms with Gasteiger partial charge in [-0.2, -0.15) is 5.10 Å². The van der Waals surface area contributed by atoms with Crippen molar-refractivity contribution in [3.63, 3.8) is 0 Å². The van der Waals surface area contributed by atoms with Crippen molar-refractivity contribution in [1.82, 2.24) is 25.8 Å². The molecule has 33 heavy (non-hydrogen) atoms. The lowest BCUT2D eigenvalue weighted by Crippen LogP contribution is -2.34. The van der Waals surface area contributed by atoms with Crippen LogP contribution in [0.1, 0.15) is 21.9 Å². The summed E-state index contributed by atoms with van der Waals surface area (Å²) in [7, 11) is 1.60. The fraction of sp³-hybridized carbons (Fsp3) is 0.0833. The summed E-state index contributed by atoms with van der Waals surface area (Å²) in [4.78, 5) is 29.8. The Balaban J connectivity index is 1.45. The van der Waals surface area contributed by atoms with E-state index in [1.807, 2.05) is 24.3 Å². The fourth-order valence-corrected chi connectivity index (χ4v) is 2.96. The number of carbonyl (C=O) groups is 2. The van der Waals surface area contributed by atoms with Gasteiger partial charge in [0.25, 0.3) is 11.8 Å². The van der Waals surface area contributed by atoms with Gasteiger partial charge in [-0.15, -0.1) is 0 Å². The molecular weight excluding hydrogens is 422 g/mol. The topological polar surface area (TPSA) is 122 Å². The van der Waals surface area contributed by atoms with Crippen LogP contribution in [0.4, 0.5) is 0 Å². The van der Waals surface area contributed by atoms with E-state index in [0.717, 1.165) is 11.3 Å². The number of furan rings is 1. The molecule has 0 unspecified atom stereocenters. The van der Waals surface area contributed by atoms with Gasteiger partial charge in [0.2, 0.25) is 0 Å². The Morgan fingerprint density at radius 1 is 1.06 bits per heavy atom. The van der Waals surface area contributed by atoms with Gasteiger partial charge in [-0.1, -0.05) is 18.2 Å². The average Bonchev–Trinajstić information content (AvgIpc) is 3.55. The zero-order valence-corrected chi connectivity index (χ0v) is 17.7. The smallest absolute Gasteiger partial charge is 0.268 e. The molecule has 2 heterocycles. The molecule has 0 aliphatic heterocycles. The number of aromatic nitrogens is 3. The summed E-state index contributed by atoms with van der Waals surface area (Å²) in [6.45, 7) is 0.0820. The number of nitrogens with one attached hydrogen (secondary N) is 3. The zero-order chi connectivity index (χ0) is 23.0. The Kier molecular flexibility index (Phi) is 6.60. The number of carbonyl (C=O) groups excluding carboxylic acids is 2. The van der Waals surface area contributed by atoms with Crippen LogP contribution in [0, 0.1) is 0 Å². The van der Waals surface area contributed by atoms with Gasteiger partial charge in [0.05, 0.1) is 19.9 Å². The first kappa shape index (κ1) is 21.6. The maximum atomic E-state index is 12.8. The van der Waals surface area contributed by atoms with Crippen molar-refractivity contribution in [2.24, 2.45) is 0 Å². The number of hydrogen-bond donors (Lipinski definition) is 3. The molecule has 0 saturated carbocycles. The van der Waals surface area contributed by atoms with Gasteiger partial charge >= 0.3 is 0 Å². The summed E-state index contributed by atoms with van der Waals surface area (Å²) in [5.41, 5.74) is 1.27. The lowest BCUT2D eigenvalue weighted by atomic mass is 10.2. The number of methoxy groups -OCH3 is 1. The summed E-state index contributed by atoms with van der Waals surface area (Å²) < 4.78 is 10.4. The molecule has 0 bridgehead atoms. The minimum Gasteiger partial charge on any atom is -0.497 e. The molecule has 0 aliphatic carbocycles. The highest BCUT2D eigenvalue weighted by molar-refractivity contribution is 6.05. The number of amides is 2. The first-order chi connectivity index (χ1) is 16.1. The molecule has 0 saturated heterocycles. The van der Waals surface area contributed by atoms with E-state index >= 15 is 0 Å². The SMILES string of the molecule is COc1ccc(-c2n[nH]c(CNC(=O)C(=Cc3ccco3)NC(=O)c3ccccc3)n2)cc1. The van der Waals surface area contributed by atoms with Crippen LogP contribution in [-0.2, 0) is 11.3 Å². The third-order valence-electron chi connectivity index (χ3n) is 4.65. The Morgan fingerprint density at radius 3 is 2.55 bits per heavy atom. The number of H-pyrrole nitrogens is 1. The predicted molar refractivity (Wildman–Crippen MR) is 121 cm³/mol. The van der Waals surface area contributed by atoms with Crippen molar-refractivity contribution in [3.8, 4) is 17.1 Å². The van der Waals surface area contributed by atoms with Gasteiger partial charge in [0, 0.05) is 17.2 Å². The molecule has 4 aromatic rings. The van der Waals surface area contributed by atoms with E-state index < -0.39 is 11.8 Å². The molecule has 2 aromatic heterocycles. The number of benzene rings is 2. The second kappa shape index (κ2) is 10.1. The summed E-state index contributed by atoms with van der Waals surface area (Å²) >= 11 is 0. The van der Waals surface area contributed by atoms with Crippen LogP contribution in [-0.4, -0.2) is 34.1 Å². The molecule has 0 radical (unpaired) electrons. The van der Waals surface area contributed by atoms with Crippen LogP contribution in [0.25, 0.3) is 17.5 Å². The standard InChI is InChI=1S/C24H21N5O4/c1-32-18-11-9-16(10-12-18)22-27-21(28-29-22)15-25-24(31)20(14-19-8-5-13-33-19)26-23(30)17-6-3-2-4-7-17/h2-14H,15H2,1H3,(H,25,31)(H,26,30)(H,27,28,29). The summed E-state index contributed by atoms with van der Waals surface area (Å²) in [5, 5.41) is 12.4. The van der Waals surface area contributed by atoms with E-state index in [-0.39, 0.29) is 12.2 Å². The van der Waals surface area contributed by atoms with Crippen LogP contribution < -0.4 is 15.4 Å². The third-order valence-corrected chi connectivity index (χ3v) is 4.65. The first-order valence-electron chi connectivity index (χ1n) is 10.1. The molecule has 3 N–H and O–H groups in total. The van der Waals surface area contributed by atoms with Gasteiger partial charge in [-0.25, -0.2) is 4.98 Å². The van der Waals surface area contributed by atoms with Gasteiger partial charge in [-0.05, 0) is 48.5 Å². The Morgan fingerprint density at radius 2 is 1.85 bits per heavy atom. The molecule has 2 amide bonds. The molecule has 0 spiro atoms. The second-order valence-electron chi connectivity index (χ2n) is 6.91. The largest absolute Gasteiger partial charge is 0.497 e. The Bertz CT molecular complexity index is 1250. The number of rotatable bonds is 8. The molecule has 9 heteroatoms. The van der Waals surface area contributed by atoms with E-state index in [9.17, 15) is 9.59 Å². The van der Waals surface area contributed by atoms with Crippen molar-refractivity contribution >= 4 is 17.9 Å². The van der Waals surface area contributed by atoms with E-state index in [2.05, 4.69) is 25.8 Å². The Labute approximate surface area is 189 Å². The monoisotopic (exact) mass is 443 g/mol. The fourth-order valence-electron chi connectivity index (χ4n) is 2.96. The van der Waals surface area contributed by atoms with Gasteiger partial charge < -0.3 is 19.8 Å². The predicted octanol–water partition coefficient (Wildman–Crippen LogP) is 3.16. The van der Waals surface area contributed by atoms with Gasteiger partial charge in [-0.3, -0.25) is 14.7 Å². The summed E-state index contributed by atoms with van der Waals surface area (Å²) in [6.07, 6.45) is 2.94. The normalized spacial score (nSPS) is 11.1. The highest BCUT2D eigenvalue weighted by Gasteiger charge is 2.16. The number of hydrogen-bond acceptors (Lipinski definition) is 6. The van der Waals surface area contributed by atoms with Crippen LogP contribution in [0.3, 0.4) is 0 Å². The van der Waals surface area contributed by atoms with E-state index in [1.165, 1.54) is 12.3 Å². The van der Waals surface area contributed by atoms with Crippen molar-refractivity contribution in [1.29, 1.82) is 0 Å². The maximum Gasteiger partial charge on any atom is 0.268 e. The zero-order valence-electron chi connectivity index (χ0n) is 17.7. The summed E-state index contributed by atoms with van der Waals surface area (Å²) in [6, 6.07) is 19.3. The Hall–Kier alpha value is -4.66. The van der Waals surface area contributed by atoms with Crippen LogP contribution in [0.5, 0.6) is 5.75 Å². The number of aromatic amines is 1. The molecule has 0 fully saturated rings. The first-order valence-corrected chi connectivity index (χ1v) is 10.1. The number of ether oxygens (including phenoxy) is 1. The maximum absolute atomic E-state index is 12.8. The van der Waals surface area contributed by atoms with E-state index in [4.69, 9.17) is 9.15 Å². The van der Waals surface area contributed by atoms with E-state index in [1.54, 1.807) is 49.6 Å². The van der Waals surface area contributed by atoms with Gasteiger partial charge in [0.15, 0.2) is 5.82 Å². The second-order valence-corrected chi connectivity index (χ2v) is 6.91. The summed E-state index contributed by atoms with van der Waals surface area (Å²) in [5.74, 6) is 1.19. The highest BCUT2D eigenvalue weighted by Crippen LogP contribution is 2.19. The molecule has 2 aromatic carbocycles.